The van der Waals surface area contributed by atoms with Crippen molar-refractivity contribution in [1.82, 2.24) is 9.78 Å². The molecule has 3 N–H and O–H groups in total. The molecule has 0 aliphatic heterocycles. The molecular formula is C13H25N5. The molecule has 5 heteroatoms. The molecule has 0 saturated carbocycles. The van der Waals surface area contributed by atoms with Crippen molar-refractivity contribution in [3.63, 3.8) is 0 Å². The van der Waals surface area contributed by atoms with Crippen LogP contribution in [0.1, 0.15) is 39.0 Å². The minimum Gasteiger partial charge on any atom is -0.384 e. The van der Waals surface area contributed by atoms with E-state index in [2.05, 4.69) is 37.7 Å². The van der Waals surface area contributed by atoms with Crippen molar-refractivity contribution < 1.29 is 0 Å². The summed E-state index contributed by atoms with van der Waals surface area (Å²) in [5.74, 6) is 1.58. The summed E-state index contributed by atoms with van der Waals surface area (Å²) in [6.07, 6.45) is 0. The van der Waals surface area contributed by atoms with Crippen LogP contribution in [0.2, 0.25) is 0 Å². The predicted octanol–water partition coefficient (Wildman–Crippen LogP) is 1.88. The van der Waals surface area contributed by atoms with Crippen molar-refractivity contribution >= 4 is 11.7 Å². The molecule has 0 radical (unpaired) electrons. The van der Waals surface area contributed by atoms with Gasteiger partial charge in [-0.25, -0.2) is 0 Å². The Morgan fingerprint density at radius 2 is 1.94 bits per heavy atom. The molecule has 0 unspecified atom stereocenters. The summed E-state index contributed by atoms with van der Waals surface area (Å²) in [4.78, 5) is 2.27. The molecule has 0 saturated heterocycles. The molecule has 1 aromatic rings. The Morgan fingerprint density at radius 1 is 1.39 bits per heavy atom. The van der Waals surface area contributed by atoms with Gasteiger partial charge in [0.25, 0.3) is 0 Å². The van der Waals surface area contributed by atoms with Crippen molar-refractivity contribution in [2.75, 3.05) is 11.4 Å². The SMILES string of the molecule is Cc1nn(C)c(N(CC(C)C)C(C)C)c1C(=N)N. The molecule has 5 nitrogen and oxygen atoms in total. The number of nitrogens with one attached hydrogen (secondary N) is 1. The first-order chi connectivity index (χ1) is 8.25. The minimum absolute atomic E-state index is 0.0880. The predicted molar refractivity (Wildman–Crippen MR) is 76.3 cm³/mol. The maximum atomic E-state index is 7.74. The van der Waals surface area contributed by atoms with E-state index in [-0.39, 0.29) is 5.84 Å². The van der Waals surface area contributed by atoms with E-state index in [9.17, 15) is 0 Å². The molecule has 0 fully saturated rings. The van der Waals surface area contributed by atoms with E-state index in [1.54, 1.807) is 0 Å². The summed E-state index contributed by atoms with van der Waals surface area (Å²) in [6, 6.07) is 0.347. The molecule has 1 rings (SSSR count). The topological polar surface area (TPSA) is 70.9 Å². The first-order valence-electron chi connectivity index (χ1n) is 6.40. The van der Waals surface area contributed by atoms with Crippen LogP contribution in [0.3, 0.4) is 0 Å². The number of hydrogen-bond acceptors (Lipinski definition) is 3. The molecule has 0 amide bonds. The minimum atomic E-state index is 0.0880. The van der Waals surface area contributed by atoms with Gasteiger partial charge in [0.15, 0.2) is 0 Å². The van der Waals surface area contributed by atoms with Crippen molar-refractivity contribution in [3.8, 4) is 0 Å². The van der Waals surface area contributed by atoms with Crippen LogP contribution in [0.5, 0.6) is 0 Å². The van der Waals surface area contributed by atoms with Crippen molar-refractivity contribution in [2.45, 2.75) is 40.7 Å². The summed E-state index contributed by atoms with van der Waals surface area (Å²) in [5.41, 5.74) is 7.27. The van der Waals surface area contributed by atoms with Crippen molar-refractivity contribution in [3.05, 3.63) is 11.3 Å². The van der Waals surface area contributed by atoms with Gasteiger partial charge in [-0.3, -0.25) is 10.1 Å². The Kier molecular flexibility index (Phi) is 4.38. The molecule has 0 aromatic carbocycles. The van der Waals surface area contributed by atoms with Gasteiger partial charge in [-0.05, 0) is 26.7 Å². The smallest absolute Gasteiger partial charge is 0.138 e. The van der Waals surface area contributed by atoms with Crippen molar-refractivity contribution in [2.24, 2.45) is 18.7 Å². The third-order valence-electron chi connectivity index (χ3n) is 2.92. The second kappa shape index (κ2) is 5.42. The third-order valence-corrected chi connectivity index (χ3v) is 2.92. The molecule has 1 aromatic heterocycles. The van der Waals surface area contributed by atoms with Crippen LogP contribution in [-0.4, -0.2) is 28.2 Å². The van der Waals surface area contributed by atoms with E-state index in [1.807, 2.05) is 18.7 Å². The van der Waals surface area contributed by atoms with Crippen LogP contribution < -0.4 is 10.6 Å². The molecule has 0 aliphatic carbocycles. The molecule has 0 bridgehead atoms. The van der Waals surface area contributed by atoms with Gasteiger partial charge >= 0.3 is 0 Å². The highest BCUT2D eigenvalue weighted by atomic mass is 15.4. The van der Waals surface area contributed by atoms with Gasteiger partial charge in [-0.2, -0.15) is 5.10 Å². The Labute approximate surface area is 109 Å². The number of aromatic nitrogens is 2. The maximum absolute atomic E-state index is 7.74. The van der Waals surface area contributed by atoms with Crippen molar-refractivity contribution in [1.29, 1.82) is 5.41 Å². The highest BCUT2D eigenvalue weighted by Crippen LogP contribution is 2.25. The zero-order valence-corrected chi connectivity index (χ0v) is 12.3. The van der Waals surface area contributed by atoms with E-state index < -0.39 is 0 Å². The summed E-state index contributed by atoms with van der Waals surface area (Å²) >= 11 is 0. The lowest BCUT2D eigenvalue weighted by Crippen LogP contribution is -2.37. The Bertz CT molecular complexity index is 431. The monoisotopic (exact) mass is 251 g/mol. The number of anilines is 1. The summed E-state index contributed by atoms with van der Waals surface area (Å²) in [7, 11) is 1.91. The fourth-order valence-electron chi connectivity index (χ4n) is 2.23. The van der Waals surface area contributed by atoms with Crippen LogP contribution in [0.25, 0.3) is 0 Å². The fraction of sp³-hybridized carbons (Fsp3) is 0.692. The number of nitrogens with two attached hydrogens (primary N) is 1. The average molecular weight is 251 g/mol. The normalized spacial score (nSPS) is 11.3. The van der Waals surface area contributed by atoms with E-state index >= 15 is 0 Å². The zero-order chi connectivity index (χ0) is 14.0. The molecule has 1 heterocycles. The van der Waals surface area contributed by atoms with Gasteiger partial charge in [0.05, 0.1) is 11.3 Å². The van der Waals surface area contributed by atoms with Gasteiger partial charge in [0.2, 0.25) is 0 Å². The number of aryl methyl sites for hydroxylation is 2. The van der Waals surface area contributed by atoms with Crippen LogP contribution in [0.15, 0.2) is 0 Å². The van der Waals surface area contributed by atoms with Gasteiger partial charge < -0.3 is 10.6 Å². The zero-order valence-electron chi connectivity index (χ0n) is 12.3. The molecule has 18 heavy (non-hydrogen) atoms. The van der Waals surface area contributed by atoms with Crippen LogP contribution in [0, 0.1) is 18.3 Å². The highest BCUT2D eigenvalue weighted by Gasteiger charge is 2.23. The highest BCUT2D eigenvalue weighted by molar-refractivity contribution is 6.01. The standard InChI is InChI=1S/C13H25N5/c1-8(2)7-18(9(3)4)13-11(12(14)15)10(5)16-17(13)6/h8-9H,7H2,1-6H3,(H3,14,15). The Hall–Kier alpha value is -1.52. The quantitative estimate of drug-likeness (QED) is 0.620. The van der Waals surface area contributed by atoms with E-state index in [4.69, 9.17) is 11.1 Å². The maximum Gasteiger partial charge on any atom is 0.138 e. The third kappa shape index (κ3) is 2.83. The molecule has 0 aliphatic rings. The average Bonchev–Trinajstić information content (AvgIpc) is 2.49. The summed E-state index contributed by atoms with van der Waals surface area (Å²) in [5, 5.41) is 12.1. The second-order valence-corrected chi connectivity index (χ2v) is 5.46. The largest absolute Gasteiger partial charge is 0.384 e. The summed E-state index contributed by atoms with van der Waals surface area (Å²) in [6.45, 7) is 11.5. The fourth-order valence-corrected chi connectivity index (χ4v) is 2.23. The first-order valence-corrected chi connectivity index (χ1v) is 6.40. The molecule has 0 atom stereocenters. The van der Waals surface area contributed by atoms with Crippen LogP contribution >= 0.6 is 0 Å². The van der Waals surface area contributed by atoms with E-state index in [0.717, 1.165) is 23.6 Å². The van der Waals surface area contributed by atoms with E-state index in [0.29, 0.717) is 12.0 Å². The van der Waals surface area contributed by atoms with Crippen LogP contribution in [-0.2, 0) is 7.05 Å². The number of rotatable bonds is 5. The number of amidine groups is 1. The molecule has 0 spiro atoms. The number of hydrogen-bond donors (Lipinski definition) is 2. The van der Waals surface area contributed by atoms with Gasteiger partial charge in [0.1, 0.15) is 11.7 Å². The lowest BCUT2D eigenvalue weighted by atomic mass is 10.1. The van der Waals surface area contributed by atoms with E-state index in [1.165, 1.54) is 0 Å². The number of nitrogen functional groups attached to an aromatic ring is 1. The van der Waals surface area contributed by atoms with Gasteiger partial charge in [-0.15, -0.1) is 0 Å². The van der Waals surface area contributed by atoms with Gasteiger partial charge in [-0.1, -0.05) is 13.8 Å². The Balaban J connectivity index is 3.31. The second-order valence-electron chi connectivity index (χ2n) is 5.46. The first kappa shape index (κ1) is 14.5. The summed E-state index contributed by atoms with van der Waals surface area (Å²) < 4.78 is 1.83. The molecule has 102 valence electrons. The Morgan fingerprint density at radius 3 is 2.33 bits per heavy atom. The molecular weight excluding hydrogens is 226 g/mol. The lowest BCUT2D eigenvalue weighted by molar-refractivity contribution is 0.552. The lowest BCUT2D eigenvalue weighted by Gasteiger charge is -2.31. The number of nitrogens with zero attached hydrogens (tertiary/aromatic N) is 3. The van der Waals surface area contributed by atoms with Crippen LogP contribution in [0.4, 0.5) is 5.82 Å². The van der Waals surface area contributed by atoms with Gasteiger partial charge in [0, 0.05) is 19.6 Å².